The van der Waals surface area contributed by atoms with Gasteiger partial charge in [0.25, 0.3) is 0 Å². The van der Waals surface area contributed by atoms with Crippen LogP contribution in [0.1, 0.15) is 32.6 Å². The maximum Gasteiger partial charge on any atom is 0.208 e. The Bertz CT molecular complexity index is 153. The molecule has 4 heteroatoms. The molecule has 0 atom stereocenters. The summed E-state index contributed by atoms with van der Waals surface area (Å²) in [5.74, 6) is -0.0262. The van der Waals surface area contributed by atoms with E-state index in [0.717, 1.165) is 12.8 Å². The molecule has 0 spiro atoms. The fraction of sp³-hybridized carbons (Fsp3) is 0.750. The number of unbranched alkanes of at least 4 members (excludes halogenated alkanes) is 3. The molecule has 12 heavy (non-hydrogen) atoms. The number of nitrogens with two attached hydrogens (primary N) is 1. The zero-order chi connectivity index (χ0) is 9.40. The van der Waals surface area contributed by atoms with Gasteiger partial charge in [0.2, 0.25) is 5.96 Å². The first-order chi connectivity index (χ1) is 5.68. The van der Waals surface area contributed by atoms with Crippen LogP contribution in [0.2, 0.25) is 0 Å². The molecule has 0 aromatic rings. The molecule has 0 unspecified atom stereocenters. The highest BCUT2D eigenvalue weighted by atomic mass is 15.5. The molecule has 0 saturated heterocycles. The highest BCUT2D eigenvalue weighted by Gasteiger charge is 1.91. The molecule has 3 N–H and O–H groups in total. The van der Waals surface area contributed by atoms with Gasteiger partial charge in [-0.3, -0.25) is 5.41 Å². The Kier molecular flexibility index (Phi) is 6.05. The van der Waals surface area contributed by atoms with Crippen molar-refractivity contribution >= 4 is 12.2 Å². The Morgan fingerprint density at radius 2 is 2.25 bits per heavy atom. The van der Waals surface area contributed by atoms with Gasteiger partial charge in [-0.15, -0.1) is 0 Å². The minimum Gasteiger partial charge on any atom is -0.369 e. The van der Waals surface area contributed by atoms with Gasteiger partial charge in [0.15, 0.2) is 0 Å². The Hall–Kier alpha value is -1.06. The molecule has 0 heterocycles. The molecule has 4 nitrogen and oxygen atoms in total. The van der Waals surface area contributed by atoms with Gasteiger partial charge in [-0.25, -0.2) is 5.01 Å². The molecule has 0 fully saturated rings. The van der Waals surface area contributed by atoms with E-state index in [-0.39, 0.29) is 5.96 Å². The fourth-order valence-electron chi connectivity index (χ4n) is 0.728. The van der Waals surface area contributed by atoms with Crippen molar-refractivity contribution < 1.29 is 0 Å². The van der Waals surface area contributed by atoms with E-state index in [4.69, 9.17) is 11.1 Å². The Balaban J connectivity index is 3.41. The van der Waals surface area contributed by atoms with E-state index in [1.807, 2.05) is 0 Å². The summed E-state index contributed by atoms with van der Waals surface area (Å²) in [7, 11) is 1.67. The summed E-state index contributed by atoms with van der Waals surface area (Å²) in [6, 6.07) is 0. The summed E-state index contributed by atoms with van der Waals surface area (Å²) in [5, 5.41) is 12.3. The molecule has 0 amide bonds. The molecule has 0 saturated carbocycles. The number of hydrazone groups is 1. The van der Waals surface area contributed by atoms with Crippen LogP contribution < -0.4 is 5.73 Å². The third-order valence-electron chi connectivity index (χ3n) is 1.54. The van der Waals surface area contributed by atoms with E-state index in [2.05, 4.69) is 12.0 Å². The van der Waals surface area contributed by atoms with E-state index in [0.29, 0.717) is 0 Å². The average molecular weight is 170 g/mol. The first-order valence-electron chi connectivity index (χ1n) is 4.28. The van der Waals surface area contributed by atoms with E-state index >= 15 is 0 Å². The van der Waals surface area contributed by atoms with Crippen LogP contribution in [0.25, 0.3) is 0 Å². The molecule has 0 aromatic carbocycles. The number of nitrogens with zero attached hydrogens (tertiary/aromatic N) is 2. The van der Waals surface area contributed by atoms with Crippen molar-refractivity contribution in [3.8, 4) is 0 Å². The molecule has 0 aliphatic carbocycles. The van der Waals surface area contributed by atoms with Gasteiger partial charge in [0.1, 0.15) is 0 Å². The van der Waals surface area contributed by atoms with Gasteiger partial charge < -0.3 is 5.73 Å². The third-order valence-corrected chi connectivity index (χ3v) is 1.54. The molecular weight excluding hydrogens is 152 g/mol. The molecule has 70 valence electrons. The van der Waals surface area contributed by atoms with Crippen LogP contribution in [0.3, 0.4) is 0 Å². The number of hydrogen-bond donors (Lipinski definition) is 2. The van der Waals surface area contributed by atoms with Crippen LogP contribution in [-0.4, -0.2) is 24.2 Å². The van der Waals surface area contributed by atoms with Gasteiger partial charge in [-0.1, -0.05) is 19.8 Å². The second kappa shape index (κ2) is 6.64. The highest BCUT2D eigenvalue weighted by Crippen LogP contribution is 1.96. The summed E-state index contributed by atoms with van der Waals surface area (Å²) in [6.45, 7) is 2.17. The monoisotopic (exact) mass is 170 g/mol. The van der Waals surface area contributed by atoms with E-state index in [1.54, 1.807) is 13.3 Å². The van der Waals surface area contributed by atoms with Gasteiger partial charge >= 0.3 is 0 Å². The first-order valence-corrected chi connectivity index (χ1v) is 4.28. The van der Waals surface area contributed by atoms with Gasteiger partial charge in [-0.2, -0.15) is 5.10 Å². The largest absolute Gasteiger partial charge is 0.369 e. The van der Waals surface area contributed by atoms with Crippen molar-refractivity contribution in [3.05, 3.63) is 0 Å². The lowest BCUT2D eigenvalue weighted by atomic mass is 10.2. The fourth-order valence-corrected chi connectivity index (χ4v) is 0.728. The van der Waals surface area contributed by atoms with Crippen LogP contribution in [0.4, 0.5) is 0 Å². The van der Waals surface area contributed by atoms with Crippen molar-refractivity contribution in [1.29, 1.82) is 5.41 Å². The molecule has 0 aliphatic rings. The summed E-state index contributed by atoms with van der Waals surface area (Å²) in [4.78, 5) is 0. The molecule has 0 aromatic heterocycles. The lowest BCUT2D eigenvalue weighted by molar-refractivity contribution is 0.533. The molecule has 0 rings (SSSR count). The second-order valence-corrected chi connectivity index (χ2v) is 2.70. The van der Waals surface area contributed by atoms with Crippen LogP contribution >= 0.6 is 0 Å². The summed E-state index contributed by atoms with van der Waals surface area (Å²) in [6.07, 6.45) is 6.38. The number of nitrogens with one attached hydrogen (secondary N) is 1. The van der Waals surface area contributed by atoms with E-state index in [1.165, 1.54) is 17.9 Å². The lowest BCUT2D eigenvalue weighted by Gasteiger charge is -2.07. The first kappa shape index (κ1) is 10.9. The number of rotatable bonds is 5. The second-order valence-electron chi connectivity index (χ2n) is 2.70. The molecular formula is C8H18N4. The van der Waals surface area contributed by atoms with Crippen LogP contribution in [0.5, 0.6) is 0 Å². The minimum atomic E-state index is -0.0262. The third kappa shape index (κ3) is 5.70. The SMILES string of the molecule is CCCCCC=NN(C)C(=N)N. The maximum absolute atomic E-state index is 7.01. The standard InChI is InChI=1S/C8H18N4/c1-3-4-5-6-7-11-12(2)8(9)10/h7H,3-6H2,1-2H3,(H3,9,10). The van der Waals surface area contributed by atoms with E-state index in [9.17, 15) is 0 Å². The van der Waals surface area contributed by atoms with Gasteiger partial charge in [0, 0.05) is 13.3 Å². The quantitative estimate of drug-likeness (QED) is 0.283. The summed E-state index contributed by atoms with van der Waals surface area (Å²) >= 11 is 0. The molecule has 0 bridgehead atoms. The Labute approximate surface area is 73.9 Å². The van der Waals surface area contributed by atoms with Crippen molar-refractivity contribution in [2.45, 2.75) is 32.6 Å². The van der Waals surface area contributed by atoms with Crippen LogP contribution in [-0.2, 0) is 0 Å². The number of guanidine groups is 1. The normalized spacial score (nSPS) is 10.5. The maximum atomic E-state index is 7.01. The van der Waals surface area contributed by atoms with Crippen LogP contribution in [0.15, 0.2) is 5.10 Å². The zero-order valence-corrected chi connectivity index (χ0v) is 7.88. The summed E-state index contributed by atoms with van der Waals surface area (Å²) < 4.78 is 0. The number of hydrogen-bond acceptors (Lipinski definition) is 2. The minimum absolute atomic E-state index is 0.0262. The van der Waals surface area contributed by atoms with E-state index < -0.39 is 0 Å². The smallest absolute Gasteiger partial charge is 0.208 e. The zero-order valence-electron chi connectivity index (χ0n) is 7.88. The molecule has 0 radical (unpaired) electrons. The van der Waals surface area contributed by atoms with Gasteiger partial charge in [0.05, 0.1) is 0 Å². The predicted molar refractivity (Wildman–Crippen MR) is 52.3 cm³/mol. The average Bonchev–Trinajstić information content (AvgIpc) is 2.03. The Morgan fingerprint density at radius 1 is 1.58 bits per heavy atom. The topological polar surface area (TPSA) is 65.5 Å². The summed E-state index contributed by atoms with van der Waals surface area (Å²) in [5.41, 5.74) is 5.17. The molecule has 0 aliphatic heterocycles. The van der Waals surface area contributed by atoms with Crippen molar-refractivity contribution in [2.75, 3.05) is 7.05 Å². The van der Waals surface area contributed by atoms with Crippen molar-refractivity contribution in [3.63, 3.8) is 0 Å². The van der Waals surface area contributed by atoms with Crippen LogP contribution in [0, 0.1) is 5.41 Å². The highest BCUT2D eigenvalue weighted by molar-refractivity contribution is 5.75. The van der Waals surface area contributed by atoms with Gasteiger partial charge in [-0.05, 0) is 12.8 Å². The van der Waals surface area contributed by atoms with Crippen molar-refractivity contribution in [1.82, 2.24) is 5.01 Å². The predicted octanol–water partition coefficient (Wildman–Crippen LogP) is 1.38. The Morgan fingerprint density at radius 3 is 2.75 bits per heavy atom. The van der Waals surface area contributed by atoms with Crippen molar-refractivity contribution in [2.24, 2.45) is 10.8 Å². The lowest BCUT2D eigenvalue weighted by Crippen LogP contribution is -2.28.